The number of benzene rings is 1. The normalized spacial score (nSPS) is 22.5. The van der Waals surface area contributed by atoms with Crippen LogP contribution in [0.4, 0.5) is 15.9 Å². The molecule has 2 aliphatic rings. The number of hydrogen-bond acceptors (Lipinski definition) is 4. The molecule has 7 heteroatoms. The van der Waals surface area contributed by atoms with E-state index in [4.69, 9.17) is 17.3 Å². The summed E-state index contributed by atoms with van der Waals surface area (Å²) in [5.41, 5.74) is 7.55. The van der Waals surface area contributed by atoms with Crippen LogP contribution in [0.1, 0.15) is 35.7 Å². The third-order valence-corrected chi connectivity index (χ3v) is 6.29. The third-order valence-electron chi connectivity index (χ3n) is 5.89. The predicted octanol–water partition coefficient (Wildman–Crippen LogP) is 3.92. The molecule has 5 nitrogen and oxygen atoms in total. The molecular weight excluding hydrogens is 367 g/mol. The Hall–Kier alpha value is -2.34. The molecule has 27 heavy (non-hydrogen) atoms. The van der Waals surface area contributed by atoms with Crippen molar-refractivity contribution >= 4 is 29.0 Å². The number of nitrogen functional groups attached to an aromatic ring is 1. The van der Waals surface area contributed by atoms with E-state index < -0.39 is 11.7 Å². The lowest BCUT2D eigenvalue weighted by Gasteiger charge is -2.17. The van der Waals surface area contributed by atoms with Crippen molar-refractivity contribution in [2.24, 2.45) is 5.92 Å². The van der Waals surface area contributed by atoms with E-state index in [1.54, 1.807) is 32.4 Å². The van der Waals surface area contributed by atoms with Gasteiger partial charge < -0.3 is 16.0 Å². The van der Waals surface area contributed by atoms with Gasteiger partial charge in [-0.25, -0.2) is 9.37 Å². The lowest BCUT2D eigenvalue weighted by Crippen LogP contribution is -2.24. The summed E-state index contributed by atoms with van der Waals surface area (Å²) in [6, 6.07) is 3.10. The molecule has 3 N–H and O–H groups in total. The van der Waals surface area contributed by atoms with Gasteiger partial charge in [0.05, 0.1) is 10.6 Å². The molecule has 4 rings (SSSR count). The number of pyridine rings is 1. The van der Waals surface area contributed by atoms with Crippen LogP contribution in [-0.4, -0.2) is 36.4 Å². The summed E-state index contributed by atoms with van der Waals surface area (Å²) in [4.78, 5) is 18.2. The molecule has 1 aliphatic carbocycles. The second-order valence-corrected chi connectivity index (χ2v) is 8.00. The van der Waals surface area contributed by atoms with Gasteiger partial charge in [-0.05, 0) is 24.5 Å². The highest BCUT2D eigenvalue weighted by molar-refractivity contribution is 6.34. The molecule has 0 unspecified atom stereocenters. The largest absolute Gasteiger partial charge is 0.398 e. The Morgan fingerprint density at radius 2 is 2.19 bits per heavy atom. The fraction of sp³-hybridized carbons (Fsp3) is 0.400. The number of nitrogens with one attached hydrogen (secondary N) is 1. The van der Waals surface area contributed by atoms with Crippen LogP contribution in [0.15, 0.2) is 18.3 Å². The van der Waals surface area contributed by atoms with Gasteiger partial charge in [-0.3, -0.25) is 4.79 Å². The quantitative estimate of drug-likeness (QED) is 0.782. The monoisotopic (exact) mass is 388 g/mol. The summed E-state index contributed by atoms with van der Waals surface area (Å²) in [7, 11) is 3.12. The first-order chi connectivity index (χ1) is 12.8. The molecule has 0 saturated heterocycles. The molecule has 1 fully saturated rings. The SMILES string of the molecule is CC[C@@H]1C[C@@]12CNc1ncc(-c3ccc(N)c(C(=O)N(C)C)c3F)c(Cl)c12. The van der Waals surface area contributed by atoms with E-state index in [1.165, 1.54) is 4.90 Å². The summed E-state index contributed by atoms with van der Waals surface area (Å²) in [6.45, 7) is 2.98. The molecule has 2 aromatic rings. The second kappa shape index (κ2) is 6.09. The minimum atomic E-state index is -0.666. The zero-order valence-corrected chi connectivity index (χ0v) is 16.3. The van der Waals surface area contributed by atoms with Crippen molar-refractivity contribution in [1.29, 1.82) is 0 Å². The van der Waals surface area contributed by atoms with E-state index in [-0.39, 0.29) is 22.2 Å². The van der Waals surface area contributed by atoms with Crippen molar-refractivity contribution in [3.05, 3.63) is 40.3 Å². The summed E-state index contributed by atoms with van der Waals surface area (Å²) in [6.07, 6.45) is 3.69. The maximum atomic E-state index is 15.3. The number of carbonyl (C=O) groups excluding carboxylic acids is 1. The number of halogens is 2. The molecule has 1 saturated carbocycles. The average molecular weight is 389 g/mol. The van der Waals surface area contributed by atoms with Gasteiger partial charge >= 0.3 is 0 Å². The van der Waals surface area contributed by atoms with E-state index in [0.717, 1.165) is 30.8 Å². The van der Waals surface area contributed by atoms with Crippen molar-refractivity contribution in [3.8, 4) is 11.1 Å². The molecule has 0 radical (unpaired) electrons. The van der Waals surface area contributed by atoms with Gasteiger partial charge in [0, 0.05) is 54.6 Å². The number of carbonyl (C=O) groups is 1. The van der Waals surface area contributed by atoms with Gasteiger partial charge in [0.15, 0.2) is 0 Å². The zero-order chi connectivity index (χ0) is 19.5. The van der Waals surface area contributed by atoms with Crippen LogP contribution >= 0.6 is 11.6 Å². The molecule has 0 bridgehead atoms. The van der Waals surface area contributed by atoms with Gasteiger partial charge in [0.2, 0.25) is 0 Å². The first-order valence-corrected chi connectivity index (χ1v) is 9.42. The number of nitrogens with zero attached hydrogens (tertiary/aromatic N) is 2. The Balaban J connectivity index is 1.87. The second-order valence-electron chi connectivity index (χ2n) is 7.62. The van der Waals surface area contributed by atoms with E-state index in [2.05, 4.69) is 17.2 Å². The molecule has 142 valence electrons. The van der Waals surface area contributed by atoms with E-state index >= 15 is 4.39 Å². The Morgan fingerprint density at radius 1 is 1.44 bits per heavy atom. The highest BCUT2D eigenvalue weighted by Gasteiger charge is 2.59. The van der Waals surface area contributed by atoms with Crippen molar-refractivity contribution in [1.82, 2.24) is 9.88 Å². The molecule has 1 aromatic carbocycles. The third kappa shape index (κ3) is 2.50. The Morgan fingerprint density at radius 3 is 2.81 bits per heavy atom. The number of amides is 1. The molecule has 2 atom stereocenters. The smallest absolute Gasteiger partial charge is 0.258 e. The highest BCUT2D eigenvalue weighted by Crippen LogP contribution is 2.62. The van der Waals surface area contributed by atoms with Crippen LogP contribution in [0, 0.1) is 11.7 Å². The van der Waals surface area contributed by atoms with Gasteiger partial charge in [-0.15, -0.1) is 0 Å². The minimum absolute atomic E-state index is 0.00323. The lowest BCUT2D eigenvalue weighted by molar-refractivity contribution is 0.0824. The number of aromatic nitrogens is 1. The van der Waals surface area contributed by atoms with E-state index in [0.29, 0.717) is 16.5 Å². The fourth-order valence-electron chi connectivity index (χ4n) is 4.27. The van der Waals surface area contributed by atoms with E-state index in [1.807, 2.05) is 0 Å². The topological polar surface area (TPSA) is 71.2 Å². The van der Waals surface area contributed by atoms with E-state index in [9.17, 15) is 4.79 Å². The van der Waals surface area contributed by atoms with Crippen molar-refractivity contribution < 1.29 is 9.18 Å². The molecule has 1 spiro atoms. The molecule has 1 aliphatic heterocycles. The molecular formula is C20H22ClFN4O. The lowest BCUT2D eigenvalue weighted by atomic mass is 9.92. The van der Waals surface area contributed by atoms with Gasteiger partial charge in [-0.1, -0.05) is 24.9 Å². The summed E-state index contributed by atoms with van der Waals surface area (Å²) in [5, 5.41) is 3.84. The first kappa shape index (κ1) is 18.0. The molecule has 1 aromatic heterocycles. The van der Waals surface area contributed by atoms with Crippen molar-refractivity contribution in [3.63, 3.8) is 0 Å². The number of hydrogen-bond donors (Lipinski definition) is 2. The fourth-order valence-corrected chi connectivity index (χ4v) is 4.70. The van der Waals surface area contributed by atoms with Crippen LogP contribution in [-0.2, 0) is 5.41 Å². The summed E-state index contributed by atoms with van der Waals surface area (Å²) >= 11 is 6.77. The van der Waals surface area contributed by atoms with Gasteiger partial charge in [-0.2, -0.15) is 0 Å². The van der Waals surface area contributed by atoms with Crippen LogP contribution in [0.2, 0.25) is 5.02 Å². The average Bonchev–Trinajstić information content (AvgIpc) is 3.21. The Kier molecular flexibility index (Phi) is 4.07. The summed E-state index contributed by atoms with van der Waals surface area (Å²) < 4.78 is 15.3. The van der Waals surface area contributed by atoms with Gasteiger partial charge in [0.1, 0.15) is 11.6 Å². The first-order valence-electron chi connectivity index (χ1n) is 9.04. The maximum Gasteiger partial charge on any atom is 0.258 e. The van der Waals surface area contributed by atoms with Crippen LogP contribution < -0.4 is 11.1 Å². The maximum absolute atomic E-state index is 15.3. The van der Waals surface area contributed by atoms with Crippen molar-refractivity contribution in [2.45, 2.75) is 25.2 Å². The Bertz CT molecular complexity index is 961. The van der Waals surface area contributed by atoms with Crippen LogP contribution in [0.3, 0.4) is 0 Å². The molecule has 1 amide bonds. The summed E-state index contributed by atoms with van der Waals surface area (Å²) in [5.74, 6) is 0.187. The zero-order valence-electron chi connectivity index (χ0n) is 15.6. The Labute approximate surface area is 162 Å². The predicted molar refractivity (Wildman–Crippen MR) is 106 cm³/mol. The standard InChI is InChI=1S/C20H22ClFN4O/c1-4-10-7-20(10)9-25-18-15(20)16(21)12(8-24-18)11-5-6-13(23)14(17(11)22)19(27)26(2)3/h5-6,8,10H,4,7,9,23H2,1-3H3,(H,24,25)/t10-,20-/m1/s1. The number of fused-ring (bicyclic) bond motifs is 2. The number of rotatable bonds is 3. The van der Waals surface area contributed by atoms with Gasteiger partial charge in [0.25, 0.3) is 5.91 Å². The highest BCUT2D eigenvalue weighted by atomic mass is 35.5. The van der Waals surface area contributed by atoms with Crippen LogP contribution in [0.5, 0.6) is 0 Å². The van der Waals surface area contributed by atoms with Crippen LogP contribution in [0.25, 0.3) is 11.1 Å². The number of nitrogens with two attached hydrogens (primary N) is 1. The minimum Gasteiger partial charge on any atom is -0.398 e. The van der Waals surface area contributed by atoms with Crippen molar-refractivity contribution in [2.75, 3.05) is 31.7 Å². The molecule has 2 heterocycles. The number of anilines is 2.